The van der Waals surface area contributed by atoms with Gasteiger partial charge in [0.2, 0.25) is 0 Å². The Morgan fingerprint density at radius 3 is 2.85 bits per heavy atom. The summed E-state index contributed by atoms with van der Waals surface area (Å²) >= 11 is 0. The molecule has 1 rings (SSSR count). The average molecular weight is 183 g/mol. The fraction of sp³-hybridized carbons (Fsp3) is 0.625. The maximum atomic E-state index is 10.5. The number of carboxylic acids is 1. The van der Waals surface area contributed by atoms with Crippen molar-refractivity contribution in [3.63, 3.8) is 0 Å². The van der Waals surface area contributed by atoms with Crippen molar-refractivity contribution in [1.29, 1.82) is 0 Å². The van der Waals surface area contributed by atoms with E-state index in [0.717, 1.165) is 5.82 Å². The summed E-state index contributed by atoms with van der Waals surface area (Å²) in [5.41, 5.74) is -0.286. The second-order valence-electron chi connectivity index (χ2n) is 3.84. The smallest absolute Gasteiger partial charge is 0.303 e. The van der Waals surface area contributed by atoms with Gasteiger partial charge in [-0.2, -0.15) is 5.10 Å². The normalized spacial score (nSPS) is 11.5. The molecule has 0 spiro atoms. The molecule has 0 saturated heterocycles. The minimum absolute atomic E-state index is 0.133. The van der Waals surface area contributed by atoms with Crippen LogP contribution in [0.5, 0.6) is 0 Å². The Bertz CT molecular complexity index is 280. The van der Waals surface area contributed by atoms with E-state index in [1.54, 1.807) is 0 Å². The highest BCUT2D eigenvalue weighted by molar-refractivity contribution is 5.67. The molecule has 72 valence electrons. The summed E-state index contributed by atoms with van der Waals surface area (Å²) in [5.74, 6) is -0.0595. The number of hydrogen-bond donors (Lipinski definition) is 2. The summed E-state index contributed by atoms with van der Waals surface area (Å²) in [7, 11) is 0. The SMILES string of the molecule is CC(C)(CC(=O)O)Cc1ncn[nH]1. The lowest BCUT2D eigenvalue weighted by Gasteiger charge is -2.20. The Kier molecular flexibility index (Phi) is 2.65. The van der Waals surface area contributed by atoms with Crippen LogP contribution in [0.3, 0.4) is 0 Å². The van der Waals surface area contributed by atoms with Crippen LogP contribution in [0, 0.1) is 5.41 Å². The molecule has 1 aromatic heterocycles. The quantitative estimate of drug-likeness (QED) is 0.725. The molecule has 0 aliphatic carbocycles. The van der Waals surface area contributed by atoms with Crippen LogP contribution in [-0.2, 0) is 11.2 Å². The van der Waals surface area contributed by atoms with Crippen molar-refractivity contribution in [1.82, 2.24) is 15.2 Å². The highest BCUT2D eigenvalue weighted by atomic mass is 16.4. The monoisotopic (exact) mass is 183 g/mol. The molecule has 0 radical (unpaired) electrons. The summed E-state index contributed by atoms with van der Waals surface area (Å²) in [4.78, 5) is 14.4. The largest absolute Gasteiger partial charge is 0.481 e. The zero-order chi connectivity index (χ0) is 9.90. The number of rotatable bonds is 4. The highest BCUT2D eigenvalue weighted by Crippen LogP contribution is 2.23. The molecule has 2 N–H and O–H groups in total. The predicted octanol–water partition coefficient (Wildman–Crippen LogP) is 0.848. The van der Waals surface area contributed by atoms with E-state index >= 15 is 0 Å². The minimum Gasteiger partial charge on any atom is -0.481 e. The fourth-order valence-corrected chi connectivity index (χ4v) is 1.24. The number of aromatic amines is 1. The molecule has 0 aromatic carbocycles. The first-order valence-corrected chi connectivity index (χ1v) is 4.06. The van der Waals surface area contributed by atoms with E-state index in [4.69, 9.17) is 5.11 Å². The van der Waals surface area contributed by atoms with Crippen LogP contribution in [0.25, 0.3) is 0 Å². The lowest BCUT2D eigenvalue weighted by Crippen LogP contribution is -2.20. The standard InChI is InChI=1S/C8H13N3O2/c1-8(2,4-7(12)13)3-6-9-5-10-11-6/h5H,3-4H2,1-2H3,(H,12,13)(H,9,10,11). The number of hydrogen-bond acceptors (Lipinski definition) is 3. The van der Waals surface area contributed by atoms with E-state index in [0.29, 0.717) is 6.42 Å². The minimum atomic E-state index is -0.787. The van der Waals surface area contributed by atoms with Gasteiger partial charge in [-0.15, -0.1) is 0 Å². The Morgan fingerprint density at radius 1 is 1.69 bits per heavy atom. The summed E-state index contributed by atoms with van der Waals surface area (Å²) in [5, 5.41) is 15.0. The van der Waals surface area contributed by atoms with Crippen LogP contribution in [0.15, 0.2) is 6.33 Å². The van der Waals surface area contributed by atoms with Gasteiger partial charge in [0.25, 0.3) is 0 Å². The van der Waals surface area contributed by atoms with E-state index in [1.807, 2.05) is 13.8 Å². The molecule has 1 aromatic rings. The molecular formula is C8H13N3O2. The van der Waals surface area contributed by atoms with Gasteiger partial charge in [-0.1, -0.05) is 13.8 Å². The molecule has 0 amide bonds. The average Bonchev–Trinajstić information content (AvgIpc) is 2.34. The summed E-state index contributed by atoms with van der Waals surface area (Å²) in [6.45, 7) is 3.78. The van der Waals surface area contributed by atoms with Crippen molar-refractivity contribution in [2.45, 2.75) is 26.7 Å². The maximum Gasteiger partial charge on any atom is 0.303 e. The lowest BCUT2D eigenvalue weighted by atomic mass is 9.85. The van der Waals surface area contributed by atoms with Crippen LogP contribution in [0.4, 0.5) is 0 Å². The summed E-state index contributed by atoms with van der Waals surface area (Å²) in [6, 6.07) is 0. The summed E-state index contributed by atoms with van der Waals surface area (Å²) in [6.07, 6.45) is 2.15. The Balaban J connectivity index is 2.56. The molecule has 5 heteroatoms. The molecule has 0 atom stereocenters. The molecule has 0 bridgehead atoms. The van der Waals surface area contributed by atoms with Crippen molar-refractivity contribution in [3.05, 3.63) is 12.2 Å². The molecule has 0 aliphatic rings. The fourth-order valence-electron chi connectivity index (χ4n) is 1.24. The Labute approximate surface area is 76.2 Å². The maximum absolute atomic E-state index is 10.5. The van der Waals surface area contributed by atoms with E-state index in [-0.39, 0.29) is 11.8 Å². The molecule has 0 unspecified atom stereocenters. The van der Waals surface area contributed by atoms with E-state index in [1.165, 1.54) is 6.33 Å². The molecule has 0 fully saturated rings. The molecule has 0 saturated carbocycles. The second kappa shape index (κ2) is 3.55. The third-order valence-electron chi connectivity index (χ3n) is 1.74. The number of aliphatic carboxylic acids is 1. The first-order chi connectivity index (χ1) is 5.99. The number of carbonyl (C=O) groups is 1. The molecule has 13 heavy (non-hydrogen) atoms. The predicted molar refractivity (Wildman–Crippen MR) is 46.1 cm³/mol. The van der Waals surface area contributed by atoms with E-state index < -0.39 is 5.97 Å². The van der Waals surface area contributed by atoms with Gasteiger partial charge in [-0.3, -0.25) is 9.89 Å². The van der Waals surface area contributed by atoms with Crippen molar-refractivity contribution < 1.29 is 9.90 Å². The van der Waals surface area contributed by atoms with Gasteiger partial charge >= 0.3 is 5.97 Å². The van der Waals surface area contributed by atoms with Crippen molar-refractivity contribution >= 4 is 5.97 Å². The molecule has 0 aliphatic heterocycles. The molecule has 1 heterocycles. The van der Waals surface area contributed by atoms with Crippen LogP contribution >= 0.6 is 0 Å². The van der Waals surface area contributed by atoms with Crippen LogP contribution in [0.2, 0.25) is 0 Å². The third-order valence-corrected chi connectivity index (χ3v) is 1.74. The Morgan fingerprint density at radius 2 is 2.38 bits per heavy atom. The number of aromatic nitrogens is 3. The van der Waals surface area contributed by atoms with Gasteiger partial charge in [-0.05, 0) is 5.41 Å². The van der Waals surface area contributed by atoms with Gasteiger partial charge < -0.3 is 5.11 Å². The zero-order valence-corrected chi connectivity index (χ0v) is 7.74. The number of nitrogens with zero attached hydrogens (tertiary/aromatic N) is 2. The van der Waals surface area contributed by atoms with Gasteiger partial charge in [-0.25, -0.2) is 4.98 Å². The summed E-state index contributed by atoms with van der Waals surface area (Å²) < 4.78 is 0. The number of H-pyrrole nitrogens is 1. The second-order valence-corrected chi connectivity index (χ2v) is 3.84. The molecule has 5 nitrogen and oxygen atoms in total. The number of nitrogens with one attached hydrogen (secondary N) is 1. The first kappa shape index (κ1) is 9.70. The third kappa shape index (κ3) is 3.23. The molecular weight excluding hydrogens is 170 g/mol. The first-order valence-electron chi connectivity index (χ1n) is 4.06. The van der Waals surface area contributed by atoms with Crippen LogP contribution in [-0.4, -0.2) is 26.3 Å². The van der Waals surface area contributed by atoms with Crippen LogP contribution < -0.4 is 0 Å². The van der Waals surface area contributed by atoms with Crippen molar-refractivity contribution in [2.75, 3.05) is 0 Å². The van der Waals surface area contributed by atoms with E-state index in [2.05, 4.69) is 15.2 Å². The number of carboxylic acid groups (broad SMARTS) is 1. The zero-order valence-electron chi connectivity index (χ0n) is 7.74. The lowest BCUT2D eigenvalue weighted by molar-refractivity contribution is -0.139. The topological polar surface area (TPSA) is 78.9 Å². The van der Waals surface area contributed by atoms with E-state index in [9.17, 15) is 4.79 Å². The van der Waals surface area contributed by atoms with Gasteiger partial charge in [0.15, 0.2) is 0 Å². The van der Waals surface area contributed by atoms with Crippen molar-refractivity contribution in [2.24, 2.45) is 5.41 Å². The van der Waals surface area contributed by atoms with Crippen molar-refractivity contribution in [3.8, 4) is 0 Å². The highest BCUT2D eigenvalue weighted by Gasteiger charge is 2.23. The van der Waals surface area contributed by atoms with Gasteiger partial charge in [0.1, 0.15) is 12.2 Å². The Hall–Kier alpha value is -1.39. The van der Waals surface area contributed by atoms with Crippen LogP contribution in [0.1, 0.15) is 26.1 Å². The van der Waals surface area contributed by atoms with Gasteiger partial charge in [0, 0.05) is 6.42 Å². The van der Waals surface area contributed by atoms with Gasteiger partial charge in [0.05, 0.1) is 6.42 Å².